The second kappa shape index (κ2) is 5.27. The minimum absolute atomic E-state index is 0.232. The van der Waals surface area contributed by atoms with Gasteiger partial charge in [0.2, 0.25) is 0 Å². The number of hydroxylamine groups is 1. The van der Waals surface area contributed by atoms with Gasteiger partial charge in [0.05, 0.1) is 18.2 Å². The first-order valence-electron chi connectivity index (χ1n) is 5.98. The normalized spacial score (nSPS) is 20.5. The van der Waals surface area contributed by atoms with Crippen LogP contribution in [0.1, 0.15) is 20.8 Å². The molecule has 0 atom stereocenters. The third kappa shape index (κ3) is 3.46. The molecule has 1 amide bonds. The molecule has 2 aliphatic rings. The molecule has 0 aromatic heterocycles. The van der Waals surface area contributed by atoms with Gasteiger partial charge in [0.1, 0.15) is 10.6 Å². The van der Waals surface area contributed by atoms with E-state index in [4.69, 9.17) is 9.02 Å². The summed E-state index contributed by atoms with van der Waals surface area (Å²) in [4.78, 5) is 15.8. The quantitative estimate of drug-likeness (QED) is 0.731. The highest BCUT2D eigenvalue weighted by Gasteiger charge is 2.27. The largest absolute Gasteiger partial charge is 0.444 e. The van der Waals surface area contributed by atoms with E-state index < -0.39 is 5.60 Å². The number of nitrogens with one attached hydrogen (secondary N) is 1. The second-order valence-corrected chi connectivity index (χ2v) is 5.97. The van der Waals surface area contributed by atoms with Crippen LogP contribution >= 0.6 is 12.0 Å². The van der Waals surface area contributed by atoms with E-state index in [1.807, 2.05) is 27.0 Å². The summed E-state index contributed by atoms with van der Waals surface area (Å²) in [5, 5.41) is 1.05. The van der Waals surface area contributed by atoms with Crippen molar-refractivity contribution in [2.75, 3.05) is 26.2 Å². The third-order valence-electron chi connectivity index (χ3n) is 2.60. The Balaban J connectivity index is 1.81. The lowest BCUT2D eigenvalue weighted by Crippen LogP contribution is -2.49. The summed E-state index contributed by atoms with van der Waals surface area (Å²) in [6.45, 7) is 8.57. The molecule has 0 radical (unpaired) electrons. The van der Waals surface area contributed by atoms with Crippen LogP contribution in [-0.2, 0) is 9.02 Å². The van der Waals surface area contributed by atoms with Crippen LogP contribution in [0.15, 0.2) is 11.2 Å². The maximum absolute atomic E-state index is 11.9. The summed E-state index contributed by atoms with van der Waals surface area (Å²) in [6, 6.07) is 0. The Morgan fingerprint density at radius 3 is 2.56 bits per heavy atom. The summed E-state index contributed by atoms with van der Waals surface area (Å²) < 4.78 is 10.3. The van der Waals surface area contributed by atoms with Gasteiger partial charge in [-0.15, -0.1) is 0 Å². The predicted octanol–water partition coefficient (Wildman–Crippen LogP) is 1.52. The number of amides is 1. The van der Waals surface area contributed by atoms with E-state index in [-0.39, 0.29) is 6.09 Å². The van der Waals surface area contributed by atoms with E-state index in [0.29, 0.717) is 13.1 Å². The summed E-state index contributed by atoms with van der Waals surface area (Å²) in [7, 11) is 0. The molecule has 0 saturated carbocycles. The Morgan fingerprint density at radius 1 is 1.39 bits per heavy atom. The zero-order valence-corrected chi connectivity index (χ0v) is 11.7. The molecule has 0 unspecified atom stereocenters. The molecule has 7 heteroatoms. The number of hydrogen-bond donors (Lipinski definition) is 1. The van der Waals surface area contributed by atoms with Gasteiger partial charge in [0.25, 0.3) is 0 Å². The zero-order valence-electron chi connectivity index (χ0n) is 10.9. The minimum atomic E-state index is -0.435. The van der Waals surface area contributed by atoms with Gasteiger partial charge >= 0.3 is 6.09 Å². The average molecular weight is 273 g/mol. The molecule has 0 spiro atoms. The van der Waals surface area contributed by atoms with Gasteiger partial charge in [0, 0.05) is 26.2 Å². The number of ether oxygens (including phenoxy) is 1. The Bertz CT molecular complexity index is 346. The van der Waals surface area contributed by atoms with Crippen molar-refractivity contribution in [1.82, 2.24) is 15.3 Å². The molecular formula is C11H19N3O3S. The van der Waals surface area contributed by atoms with Crippen LogP contribution in [-0.4, -0.2) is 47.7 Å². The smallest absolute Gasteiger partial charge is 0.410 e. The first-order valence-corrected chi connectivity index (χ1v) is 6.72. The molecule has 0 aromatic carbocycles. The van der Waals surface area contributed by atoms with Gasteiger partial charge in [-0.3, -0.25) is 5.48 Å². The molecule has 6 nitrogen and oxygen atoms in total. The lowest BCUT2D eigenvalue weighted by molar-refractivity contribution is 0.0174. The highest BCUT2D eigenvalue weighted by atomic mass is 32.2. The zero-order chi connectivity index (χ0) is 13.2. The van der Waals surface area contributed by atoms with Crippen LogP contribution in [0.3, 0.4) is 0 Å². The van der Waals surface area contributed by atoms with Gasteiger partial charge in [-0.2, -0.15) is 4.28 Å². The van der Waals surface area contributed by atoms with Crippen LogP contribution in [0.25, 0.3) is 0 Å². The first-order chi connectivity index (χ1) is 8.46. The average Bonchev–Trinajstić information content (AvgIpc) is 2.80. The van der Waals surface area contributed by atoms with Crippen molar-refractivity contribution in [3.05, 3.63) is 11.2 Å². The molecule has 2 rings (SSSR count). The van der Waals surface area contributed by atoms with Crippen molar-refractivity contribution < 1.29 is 13.8 Å². The Morgan fingerprint density at radius 2 is 2.06 bits per heavy atom. The number of rotatable bonds is 1. The molecule has 1 N–H and O–H groups in total. The van der Waals surface area contributed by atoms with E-state index in [0.717, 1.165) is 18.1 Å². The topological polar surface area (TPSA) is 54.0 Å². The third-order valence-corrected chi connectivity index (χ3v) is 3.33. The fourth-order valence-corrected chi connectivity index (χ4v) is 2.31. The Hall–Kier alpha value is -1.08. The van der Waals surface area contributed by atoms with Gasteiger partial charge in [-0.1, -0.05) is 0 Å². The van der Waals surface area contributed by atoms with Crippen LogP contribution in [0.5, 0.6) is 0 Å². The van der Waals surface area contributed by atoms with Crippen molar-refractivity contribution in [3.63, 3.8) is 0 Å². The lowest BCUT2D eigenvalue weighted by Gasteiger charge is -2.36. The van der Waals surface area contributed by atoms with Crippen molar-refractivity contribution in [3.8, 4) is 0 Å². The molecule has 2 aliphatic heterocycles. The Kier molecular flexibility index (Phi) is 3.91. The van der Waals surface area contributed by atoms with E-state index in [1.54, 1.807) is 4.90 Å². The number of carbonyl (C=O) groups is 1. The van der Waals surface area contributed by atoms with Crippen molar-refractivity contribution in [1.29, 1.82) is 0 Å². The molecule has 2 heterocycles. The van der Waals surface area contributed by atoms with E-state index in [9.17, 15) is 4.79 Å². The number of hydrogen-bond acceptors (Lipinski definition) is 6. The summed E-state index contributed by atoms with van der Waals surface area (Å²) in [5.74, 6) is 0. The molecule has 1 fully saturated rings. The molecule has 0 aliphatic carbocycles. The lowest BCUT2D eigenvalue weighted by atomic mass is 10.2. The van der Waals surface area contributed by atoms with Crippen LogP contribution in [0.2, 0.25) is 0 Å². The molecule has 0 bridgehead atoms. The summed E-state index contributed by atoms with van der Waals surface area (Å²) >= 11 is 1.31. The van der Waals surface area contributed by atoms with Crippen molar-refractivity contribution in [2.24, 2.45) is 0 Å². The fourth-order valence-electron chi connectivity index (χ4n) is 1.75. The van der Waals surface area contributed by atoms with Crippen LogP contribution in [0.4, 0.5) is 4.79 Å². The van der Waals surface area contributed by atoms with E-state index in [2.05, 4.69) is 10.4 Å². The van der Waals surface area contributed by atoms with E-state index in [1.165, 1.54) is 12.0 Å². The Labute approximate surface area is 111 Å². The van der Waals surface area contributed by atoms with Gasteiger partial charge in [-0.05, 0) is 20.8 Å². The SMILES string of the molecule is CC(C)(C)OC(=O)N1CCN(C2=CNOS2)CC1. The summed E-state index contributed by atoms with van der Waals surface area (Å²) in [5.41, 5.74) is 2.25. The highest BCUT2D eigenvalue weighted by Crippen LogP contribution is 2.25. The number of nitrogens with zero attached hydrogens (tertiary/aromatic N) is 2. The van der Waals surface area contributed by atoms with Crippen LogP contribution < -0.4 is 5.48 Å². The number of piperazine rings is 1. The molecule has 0 aromatic rings. The first kappa shape index (κ1) is 13.4. The maximum atomic E-state index is 11.9. The summed E-state index contributed by atoms with van der Waals surface area (Å²) in [6.07, 6.45) is 1.60. The second-order valence-electron chi connectivity index (χ2n) is 5.22. The number of carbonyl (C=O) groups excluding carboxylic acids is 1. The van der Waals surface area contributed by atoms with Gasteiger partial charge in [0.15, 0.2) is 0 Å². The molecule has 1 saturated heterocycles. The predicted molar refractivity (Wildman–Crippen MR) is 69.3 cm³/mol. The van der Waals surface area contributed by atoms with E-state index >= 15 is 0 Å². The van der Waals surface area contributed by atoms with Crippen LogP contribution in [0, 0.1) is 0 Å². The van der Waals surface area contributed by atoms with Gasteiger partial charge < -0.3 is 14.5 Å². The van der Waals surface area contributed by atoms with Crippen molar-refractivity contribution in [2.45, 2.75) is 26.4 Å². The highest BCUT2D eigenvalue weighted by molar-refractivity contribution is 7.98. The standard InChI is InChI=1S/C11H19N3O3S/c1-11(2,3)16-10(15)14-6-4-13(5-7-14)9-8-12-17-18-9/h8,12H,4-7H2,1-3H3. The fraction of sp³-hybridized carbons (Fsp3) is 0.727. The monoisotopic (exact) mass is 273 g/mol. The molecule has 18 heavy (non-hydrogen) atoms. The van der Waals surface area contributed by atoms with Gasteiger partial charge in [-0.25, -0.2) is 4.79 Å². The van der Waals surface area contributed by atoms with Crippen molar-refractivity contribution >= 4 is 18.1 Å². The molecule has 102 valence electrons. The molecular weight excluding hydrogens is 254 g/mol. The minimum Gasteiger partial charge on any atom is -0.444 e. The maximum Gasteiger partial charge on any atom is 0.410 e.